The lowest BCUT2D eigenvalue weighted by Gasteiger charge is -2.23. The molecule has 4 rings (SSSR count). The van der Waals surface area contributed by atoms with E-state index in [4.69, 9.17) is 15.9 Å². The number of rotatable bonds is 6. The number of fused-ring (bicyclic) bond motifs is 1. The molecule has 31 heavy (non-hydrogen) atoms. The van der Waals surface area contributed by atoms with Crippen LogP contribution in [-0.4, -0.2) is 39.9 Å². The molecule has 0 radical (unpaired) electrons. The number of aromatic nitrogens is 3. The Bertz CT molecular complexity index is 1160. The highest BCUT2D eigenvalue weighted by atomic mass is 19.3. The molecule has 7 nitrogen and oxygen atoms in total. The minimum atomic E-state index is -2.70. The van der Waals surface area contributed by atoms with Gasteiger partial charge in [0.2, 0.25) is 0 Å². The maximum atomic E-state index is 13.2. The van der Waals surface area contributed by atoms with E-state index in [1.807, 2.05) is 6.07 Å². The molecule has 0 spiro atoms. The second-order valence-corrected chi connectivity index (χ2v) is 7.63. The van der Waals surface area contributed by atoms with Crippen LogP contribution >= 0.6 is 0 Å². The van der Waals surface area contributed by atoms with Crippen LogP contribution in [0.2, 0.25) is 0 Å². The van der Waals surface area contributed by atoms with Gasteiger partial charge >= 0.3 is 0 Å². The summed E-state index contributed by atoms with van der Waals surface area (Å²) >= 11 is 0. The molecule has 1 fully saturated rings. The molecule has 1 saturated heterocycles. The highest BCUT2D eigenvalue weighted by molar-refractivity contribution is 5.87. The molecule has 3 aromatic rings. The zero-order valence-corrected chi connectivity index (χ0v) is 16.9. The quantitative estimate of drug-likeness (QED) is 0.587. The third kappa shape index (κ3) is 4.61. The maximum Gasteiger partial charge on any atom is 0.261 e. The molecule has 0 bridgehead atoms. The van der Waals surface area contributed by atoms with Gasteiger partial charge in [-0.05, 0) is 42.7 Å². The van der Waals surface area contributed by atoms with Gasteiger partial charge in [-0.15, -0.1) is 0 Å². The highest BCUT2D eigenvalue weighted by Gasteiger charge is 2.22. The lowest BCUT2D eigenvalue weighted by atomic mass is 9.92. The van der Waals surface area contributed by atoms with Gasteiger partial charge in [0.1, 0.15) is 11.6 Å². The summed E-state index contributed by atoms with van der Waals surface area (Å²) < 4.78 is 32.8. The highest BCUT2D eigenvalue weighted by Crippen LogP contribution is 2.23. The van der Waals surface area contributed by atoms with E-state index >= 15 is 0 Å². The number of nitrogen functional groups attached to an aromatic ring is 1. The molecular formula is C22H23F2N5O2. The van der Waals surface area contributed by atoms with E-state index in [9.17, 15) is 13.6 Å². The smallest absolute Gasteiger partial charge is 0.261 e. The Morgan fingerprint density at radius 2 is 1.97 bits per heavy atom. The molecule has 1 aliphatic rings. The Balaban J connectivity index is 1.76. The SMILES string of the molecule is N=C(Cc1nc2cc(-c3ccc(N)nc3)ccc2c(=O)n1CC(F)F)C1CCOCC1. The first-order valence-corrected chi connectivity index (χ1v) is 10.1. The van der Waals surface area contributed by atoms with Gasteiger partial charge in [-0.25, -0.2) is 18.7 Å². The number of benzene rings is 1. The van der Waals surface area contributed by atoms with Crippen molar-refractivity contribution in [2.24, 2.45) is 5.92 Å². The van der Waals surface area contributed by atoms with E-state index in [1.54, 1.807) is 30.5 Å². The Morgan fingerprint density at radius 1 is 1.23 bits per heavy atom. The zero-order valence-electron chi connectivity index (χ0n) is 16.9. The van der Waals surface area contributed by atoms with Gasteiger partial charge in [0, 0.05) is 43.0 Å². The first kappa shape index (κ1) is 21.0. The van der Waals surface area contributed by atoms with Gasteiger partial charge in [0.15, 0.2) is 0 Å². The monoisotopic (exact) mass is 427 g/mol. The molecular weight excluding hydrogens is 404 g/mol. The molecule has 162 valence electrons. The second-order valence-electron chi connectivity index (χ2n) is 7.63. The van der Waals surface area contributed by atoms with E-state index in [-0.39, 0.29) is 23.5 Å². The topological polar surface area (TPSA) is 107 Å². The molecule has 9 heteroatoms. The van der Waals surface area contributed by atoms with Crippen LogP contribution in [-0.2, 0) is 17.7 Å². The fourth-order valence-electron chi connectivity index (χ4n) is 3.84. The van der Waals surface area contributed by atoms with Crippen molar-refractivity contribution in [3.8, 4) is 11.1 Å². The van der Waals surface area contributed by atoms with Crippen LogP contribution in [0.4, 0.5) is 14.6 Å². The minimum Gasteiger partial charge on any atom is -0.384 e. The van der Waals surface area contributed by atoms with Crippen LogP contribution < -0.4 is 11.3 Å². The number of nitrogens with zero attached hydrogens (tertiary/aromatic N) is 3. The van der Waals surface area contributed by atoms with Crippen LogP contribution in [0.1, 0.15) is 18.7 Å². The number of anilines is 1. The second kappa shape index (κ2) is 8.89. The number of ether oxygens (including phenoxy) is 1. The standard InChI is InChI=1S/C22H23F2N5O2/c23-19(24)12-29-21(10-17(25)13-5-7-31-8-6-13)28-18-9-14(1-3-16(18)22(29)30)15-2-4-20(26)27-11-15/h1-4,9,11,13,19,25H,5-8,10,12H2,(H2,26,27). The van der Waals surface area contributed by atoms with Crippen LogP contribution in [0.3, 0.4) is 0 Å². The zero-order chi connectivity index (χ0) is 22.0. The van der Waals surface area contributed by atoms with Gasteiger partial charge < -0.3 is 15.9 Å². The lowest BCUT2D eigenvalue weighted by molar-refractivity contribution is 0.0822. The summed E-state index contributed by atoms with van der Waals surface area (Å²) in [6.07, 6.45) is 0.388. The minimum absolute atomic E-state index is 0.00790. The number of pyridine rings is 1. The van der Waals surface area contributed by atoms with Crippen molar-refractivity contribution in [1.82, 2.24) is 14.5 Å². The van der Waals surface area contributed by atoms with Gasteiger partial charge in [-0.3, -0.25) is 9.36 Å². The Labute approximate surface area is 177 Å². The predicted octanol–water partition coefficient (Wildman–Crippen LogP) is 3.29. The molecule has 0 aliphatic carbocycles. The third-order valence-corrected chi connectivity index (χ3v) is 5.54. The van der Waals surface area contributed by atoms with Crippen LogP contribution in [0.25, 0.3) is 22.0 Å². The molecule has 0 amide bonds. The Morgan fingerprint density at radius 3 is 2.65 bits per heavy atom. The summed E-state index contributed by atoms with van der Waals surface area (Å²) in [5.41, 5.74) is 7.48. The maximum absolute atomic E-state index is 13.2. The van der Waals surface area contributed by atoms with E-state index < -0.39 is 18.5 Å². The van der Waals surface area contributed by atoms with Gasteiger partial charge in [-0.1, -0.05) is 6.07 Å². The Kier molecular flexibility index (Phi) is 6.03. The number of nitrogens with one attached hydrogen (secondary N) is 1. The van der Waals surface area contributed by atoms with Crippen LogP contribution in [0.15, 0.2) is 41.3 Å². The van der Waals surface area contributed by atoms with Crippen LogP contribution in [0.5, 0.6) is 0 Å². The third-order valence-electron chi connectivity index (χ3n) is 5.54. The normalized spacial score (nSPS) is 14.9. The van der Waals surface area contributed by atoms with E-state index in [1.165, 1.54) is 0 Å². The van der Waals surface area contributed by atoms with Crippen molar-refractivity contribution in [2.45, 2.75) is 32.2 Å². The number of hydrogen-bond donors (Lipinski definition) is 2. The predicted molar refractivity (Wildman–Crippen MR) is 115 cm³/mol. The van der Waals surface area contributed by atoms with E-state index in [2.05, 4.69) is 9.97 Å². The first-order valence-electron chi connectivity index (χ1n) is 10.1. The number of hydrogen-bond acceptors (Lipinski definition) is 6. The average Bonchev–Trinajstić information content (AvgIpc) is 2.77. The summed E-state index contributed by atoms with van der Waals surface area (Å²) in [4.78, 5) is 21.6. The summed E-state index contributed by atoms with van der Waals surface area (Å²) in [7, 11) is 0. The van der Waals surface area contributed by atoms with Crippen molar-refractivity contribution >= 4 is 22.4 Å². The van der Waals surface area contributed by atoms with Crippen LogP contribution in [0, 0.1) is 11.3 Å². The molecule has 0 saturated carbocycles. The fraction of sp³-hybridized carbons (Fsp3) is 0.364. The van der Waals surface area contributed by atoms with Gasteiger partial charge in [0.05, 0.1) is 17.4 Å². The van der Waals surface area contributed by atoms with E-state index in [0.29, 0.717) is 43.1 Å². The summed E-state index contributed by atoms with van der Waals surface area (Å²) in [6.45, 7) is 0.393. The van der Waals surface area contributed by atoms with E-state index in [0.717, 1.165) is 15.7 Å². The Hall–Kier alpha value is -3.20. The summed E-state index contributed by atoms with van der Waals surface area (Å²) in [5.74, 6) is 0.585. The molecule has 3 N–H and O–H groups in total. The van der Waals surface area contributed by atoms with Crippen molar-refractivity contribution in [3.63, 3.8) is 0 Å². The summed E-state index contributed by atoms with van der Waals surface area (Å²) in [6, 6.07) is 8.54. The molecule has 3 heterocycles. The lowest BCUT2D eigenvalue weighted by Crippen LogP contribution is -2.31. The molecule has 1 aliphatic heterocycles. The number of nitrogens with two attached hydrogens (primary N) is 1. The number of alkyl halides is 2. The van der Waals surface area contributed by atoms with Gasteiger partial charge in [-0.2, -0.15) is 0 Å². The molecule has 0 atom stereocenters. The van der Waals surface area contributed by atoms with Crippen molar-refractivity contribution in [2.75, 3.05) is 18.9 Å². The number of halogens is 2. The molecule has 1 aromatic carbocycles. The van der Waals surface area contributed by atoms with Crippen molar-refractivity contribution < 1.29 is 13.5 Å². The molecule has 2 aromatic heterocycles. The largest absolute Gasteiger partial charge is 0.384 e. The molecule has 0 unspecified atom stereocenters. The van der Waals surface area contributed by atoms with Crippen molar-refractivity contribution in [3.05, 3.63) is 52.7 Å². The fourth-order valence-corrected chi connectivity index (χ4v) is 3.84. The van der Waals surface area contributed by atoms with Gasteiger partial charge in [0.25, 0.3) is 12.0 Å². The average molecular weight is 427 g/mol. The summed E-state index contributed by atoms with van der Waals surface area (Å²) in [5, 5.41) is 8.72. The first-order chi connectivity index (χ1) is 14.9. The van der Waals surface area contributed by atoms with Crippen molar-refractivity contribution in [1.29, 1.82) is 5.41 Å².